The topological polar surface area (TPSA) is 97.8 Å². The van der Waals surface area contributed by atoms with Crippen LogP contribution in [0.5, 0.6) is 5.75 Å². The van der Waals surface area contributed by atoms with E-state index in [1.165, 1.54) is 17.8 Å². The molecule has 1 aliphatic rings. The molecule has 0 aliphatic carbocycles. The van der Waals surface area contributed by atoms with Crippen molar-refractivity contribution in [1.29, 1.82) is 0 Å². The number of rotatable bonds is 6. The normalized spacial score (nSPS) is 14.7. The quantitative estimate of drug-likeness (QED) is 0.464. The minimum absolute atomic E-state index is 0.0308. The average molecular weight is 395 g/mol. The van der Waals surface area contributed by atoms with E-state index in [0.717, 1.165) is 31.9 Å². The fourth-order valence-corrected chi connectivity index (χ4v) is 3.31. The number of methoxy groups -OCH3 is 1. The molecule has 9 nitrogen and oxygen atoms in total. The first kappa shape index (κ1) is 18.9. The predicted molar refractivity (Wildman–Crippen MR) is 107 cm³/mol. The molecule has 1 aromatic heterocycles. The largest absolute Gasteiger partial charge is 0.497 e. The summed E-state index contributed by atoms with van der Waals surface area (Å²) in [7, 11) is 1.67. The van der Waals surface area contributed by atoms with Gasteiger partial charge in [0.15, 0.2) is 0 Å². The Morgan fingerprint density at radius 1 is 1.03 bits per heavy atom. The van der Waals surface area contributed by atoms with Crippen molar-refractivity contribution in [2.45, 2.75) is 6.54 Å². The number of ether oxygens (including phenoxy) is 1. The molecule has 1 saturated heterocycles. The Labute approximate surface area is 167 Å². The highest BCUT2D eigenvalue weighted by molar-refractivity contribution is 5.55. The van der Waals surface area contributed by atoms with Crippen LogP contribution in [-0.2, 0) is 6.54 Å². The molecule has 0 amide bonds. The second-order valence-electron chi connectivity index (χ2n) is 6.77. The molecule has 0 spiro atoms. The summed E-state index contributed by atoms with van der Waals surface area (Å²) in [5.74, 6) is 1.76. The standard InChI is InChI=1S/C20H21N5O4/c1-28-18-8-6-16(7-9-18)24-12-10-23(11-13-24)14-19-21-22-20(29-19)15-2-4-17(5-3-15)25(26)27/h2-9H,10-14H2,1H3. The number of anilines is 1. The van der Waals surface area contributed by atoms with Gasteiger partial charge in [0.2, 0.25) is 11.8 Å². The number of benzene rings is 2. The Hall–Kier alpha value is -3.46. The third-order valence-electron chi connectivity index (χ3n) is 4.96. The van der Waals surface area contributed by atoms with Gasteiger partial charge in [-0.05, 0) is 36.4 Å². The molecule has 2 heterocycles. The van der Waals surface area contributed by atoms with Crippen molar-refractivity contribution in [1.82, 2.24) is 15.1 Å². The number of hydrogen-bond acceptors (Lipinski definition) is 8. The number of non-ortho nitro benzene ring substituents is 1. The van der Waals surface area contributed by atoms with Gasteiger partial charge in [-0.15, -0.1) is 10.2 Å². The molecule has 1 fully saturated rings. The minimum atomic E-state index is -0.436. The van der Waals surface area contributed by atoms with E-state index in [9.17, 15) is 10.1 Å². The highest BCUT2D eigenvalue weighted by Gasteiger charge is 2.20. The summed E-state index contributed by atoms with van der Waals surface area (Å²) in [5, 5.41) is 18.9. The Bertz CT molecular complexity index is 963. The van der Waals surface area contributed by atoms with Gasteiger partial charge >= 0.3 is 0 Å². The SMILES string of the molecule is COc1ccc(N2CCN(Cc3nnc(-c4ccc([N+](=O)[O-])cc4)o3)CC2)cc1. The van der Waals surface area contributed by atoms with Crippen molar-refractivity contribution in [3.63, 3.8) is 0 Å². The van der Waals surface area contributed by atoms with Crippen molar-refractivity contribution >= 4 is 11.4 Å². The van der Waals surface area contributed by atoms with Gasteiger partial charge in [0.1, 0.15) is 5.75 Å². The Morgan fingerprint density at radius 2 is 1.72 bits per heavy atom. The van der Waals surface area contributed by atoms with E-state index in [1.54, 1.807) is 19.2 Å². The van der Waals surface area contributed by atoms with Gasteiger partial charge in [-0.25, -0.2) is 0 Å². The monoisotopic (exact) mass is 395 g/mol. The van der Waals surface area contributed by atoms with E-state index in [0.29, 0.717) is 23.9 Å². The zero-order valence-corrected chi connectivity index (χ0v) is 16.0. The number of nitro groups is 1. The first-order chi connectivity index (χ1) is 14.1. The van der Waals surface area contributed by atoms with Crippen molar-refractivity contribution < 1.29 is 14.1 Å². The molecule has 0 unspecified atom stereocenters. The number of aromatic nitrogens is 2. The highest BCUT2D eigenvalue weighted by Crippen LogP contribution is 2.23. The Kier molecular flexibility index (Phi) is 5.39. The van der Waals surface area contributed by atoms with Crippen molar-refractivity contribution in [3.05, 3.63) is 64.5 Å². The van der Waals surface area contributed by atoms with Crippen LogP contribution in [0.3, 0.4) is 0 Å². The highest BCUT2D eigenvalue weighted by atomic mass is 16.6. The first-order valence-corrected chi connectivity index (χ1v) is 9.31. The van der Waals surface area contributed by atoms with Gasteiger partial charge in [-0.3, -0.25) is 15.0 Å². The summed E-state index contributed by atoms with van der Waals surface area (Å²) in [5.41, 5.74) is 1.88. The lowest BCUT2D eigenvalue weighted by Crippen LogP contribution is -2.46. The van der Waals surface area contributed by atoms with Crippen molar-refractivity contribution in [2.24, 2.45) is 0 Å². The smallest absolute Gasteiger partial charge is 0.269 e. The van der Waals surface area contributed by atoms with Gasteiger partial charge in [-0.2, -0.15) is 0 Å². The summed E-state index contributed by atoms with van der Waals surface area (Å²) < 4.78 is 11.0. The molecule has 0 bridgehead atoms. The summed E-state index contributed by atoms with van der Waals surface area (Å²) in [6.07, 6.45) is 0. The molecule has 4 rings (SSSR count). The van der Waals surface area contributed by atoms with E-state index in [-0.39, 0.29) is 5.69 Å². The molecule has 150 valence electrons. The van der Waals surface area contributed by atoms with Crippen LogP contribution in [0, 0.1) is 10.1 Å². The summed E-state index contributed by atoms with van der Waals surface area (Å²) >= 11 is 0. The van der Waals surface area contributed by atoms with Crippen molar-refractivity contribution in [3.8, 4) is 17.2 Å². The van der Waals surface area contributed by atoms with E-state index < -0.39 is 4.92 Å². The molecular formula is C20H21N5O4. The predicted octanol–water partition coefficient (Wildman–Crippen LogP) is 2.98. The van der Waals surface area contributed by atoms with Crippen molar-refractivity contribution in [2.75, 3.05) is 38.2 Å². The van der Waals surface area contributed by atoms with E-state index >= 15 is 0 Å². The maximum absolute atomic E-state index is 10.8. The van der Waals surface area contributed by atoms with Gasteiger partial charge in [0.25, 0.3) is 5.69 Å². The lowest BCUT2D eigenvalue weighted by Gasteiger charge is -2.35. The second-order valence-corrected chi connectivity index (χ2v) is 6.77. The van der Waals surface area contributed by atoms with Crippen LogP contribution in [-0.4, -0.2) is 53.3 Å². The first-order valence-electron chi connectivity index (χ1n) is 9.31. The maximum atomic E-state index is 10.8. The zero-order valence-electron chi connectivity index (χ0n) is 16.0. The number of hydrogen-bond donors (Lipinski definition) is 0. The molecule has 0 atom stereocenters. The summed E-state index contributed by atoms with van der Waals surface area (Å²) in [4.78, 5) is 14.9. The third-order valence-corrected chi connectivity index (χ3v) is 4.96. The number of nitro benzene ring substituents is 1. The lowest BCUT2D eigenvalue weighted by atomic mass is 10.2. The maximum Gasteiger partial charge on any atom is 0.269 e. The molecule has 3 aromatic rings. The van der Waals surface area contributed by atoms with E-state index in [1.807, 2.05) is 12.1 Å². The lowest BCUT2D eigenvalue weighted by molar-refractivity contribution is -0.384. The Morgan fingerprint density at radius 3 is 2.34 bits per heavy atom. The zero-order chi connectivity index (χ0) is 20.2. The van der Waals surface area contributed by atoms with Gasteiger partial charge in [0.05, 0.1) is 18.6 Å². The fourth-order valence-electron chi connectivity index (χ4n) is 3.31. The molecule has 1 aliphatic heterocycles. The van der Waals surface area contributed by atoms with Crippen LogP contribution in [0.2, 0.25) is 0 Å². The molecule has 9 heteroatoms. The molecular weight excluding hydrogens is 374 g/mol. The second kappa shape index (κ2) is 8.27. The summed E-state index contributed by atoms with van der Waals surface area (Å²) in [6.45, 7) is 4.18. The fraction of sp³-hybridized carbons (Fsp3) is 0.300. The van der Waals surface area contributed by atoms with Crippen LogP contribution >= 0.6 is 0 Å². The van der Waals surface area contributed by atoms with Crippen LogP contribution in [0.15, 0.2) is 52.9 Å². The number of nitrogens with zero attached hydrogens (tertiary/aromatic N) is 5. The summed E-state index contributed by atoms with van der Waals surface area (Å²) in [6, 6.07) is 14.2. The number of piperazine rings is 1. The molecule has 0 radical (unpaired) electrons. The average Bonchev–Trinajstić information content (AvgIpc) is 3.23. The van der Waals surface area contributed by atoms with Crippen LogP contribution in [0.1, 0.15) is 5.89 Å². The van der Waals surface area contributed by atoms with Gasteiger partial charge in [-0.1, -0.05) is 0 Å². The molecule has 2 aromatic carbocycles. The van der Waals surface area contributed by atoms with Gasteiger partial charge in [0, 0.05) is 49.6 Å². The van der Waals surface area contributed by atoms with E-state index in [2.05, 4.69) is 32.1 Å². The minimum Gasteiger partial charge on any atom is -0.497 e. The van der Waals surface area contributed by atoms with Gasteiger partial charge < -0.3 is 14.1 Å². The van der Waals surface area contributed by atoms with E-state index in [4.69, 9.17) is 9.15 Å². The molecule has 0 N–H and O–H groups in total. The van der Waals surface area contributed by atoms with Crippen LogP contribution in [0.25, 0.3) is 11.5 Å². The van der Waals surface area contributed by atoms with Crippen LogP contribution < -0.4 is 9.64 Å². The Balaban J connectivity index is 1.33. The van der Waals surface area contributed by atoms with Crippen LogP contribution in [0.4, 0.5) is 11.4 Å². The molecule has 29 heavy (non-hydrogen) atoms. The third kappa shape index (κ3) is 4.35. The molecule has 0 saturated carbocycles.